The first-order valence-electron chi connectivity index (χ1n) is 3.68. The third-order valence-corrected chi connectivity index (χ3v) is 3.13. The molecule has 0 aromatic carbocycles. The fourth-order valence-electron chi connectivity index (χ4n) is 0.554. The number of hydrogen-bond acceptors (Lipinski definition) is 0. The summed E-state index contributed by atoms with van der Waals surface area (Å²) in [5.74, 6) is 0. The van der Waals surface area contributed by atoms with Crippen LogP contribution < -0.4 is 0 Å². The zero-order valence-corrected chi connectivity index (χ0v) is 8.72. The molecule has 0 fully saturated rings. The first-order chi connectivity index (χ1) is 4.41. The predicted molar refractivity (Wildman–Crippen MR) is 44.9 cm³/mol. The molecule has 0 N–H and O–H groups in total. The summed E-state index contributed by atoms with van der Waals surface area (Å²) in [7, 11) is 0. The van der Waals surface area contributed by atoms with Crippen molar-refractivity contribution in [3.05, 3.63) is 10.2 Å². The maximum absolute atomic E-state index is 2.42. The van der Waals surface area contributed by atoms with Crippen LogP contribution in [-0.2, 0) is 0 Å². The van der Waals surface area contributed by atoms with Crippen LogP contribution in [0.15, 0.2) is 10.2 Å². The van der Waals surface area contributed by atoms with Crippen LogP contribution in [0.4, 0.5) is 0 Å². The van der Waals surface area contributed by atoms with E-state index in [1.807, 2.05) is 0 Å². The van der Waals surface area contributed by atoms with Crippen LogP contribution in [0.1, 0.15) is 33.1 Å². The molecule has 0 aliphatic rings. The van der Waals surface area contributed by atoms with Gasteiger partial charge in [0.1, 0.15) is 0 Å². The molecule has 0 rings (SSSR count). The summed E-state index contributed by atoms with van der Waals surface area (Å²) < 4.78 is 3.83. The molecule has 0 aromatic heterocycles. The Labute approximate surface area is 68.8 Å². The van der Waals surface area contributed by atoms with E-state index in [0.717, 1.165) is 0 Å². The Hall–Kier alpha value is 0.530. The van der Waals surface area contributed by atoms with Gasteiger partial charge in [-0.2, -0.15) is 0 Å². The van der Waals surface area contributed by atoms with E-state index in [0.29, 0.717) is 0 Å². The van der Waals surface area contributed by atoms with Gasteiger partial charge in [0.25, 0.3) is 0 Å². The summed E-state index contributed by atoms with van der Waals surface area (Å²) >= 11 is 0.280. The summed E-state index contributed by atoms with van der Waals surface area (Å²) in [5.41, 5.74) is 0. The number of hydrogen-bond donors (Lipinski definition) is 0. The molecular weight excluding hydrogens is 224 g/mol. The average Bonchev–Trinajstić information content (AvgIpc) is 1.89. The molecule has 0 heterocycles. The summed E-state index contributed by atoms with van der Waals surface area (Å²) in [5, 5.41) is 0. The van der Waals surface area contributed by atoms with Crippen LogP contribution in [-0.4, -0.2) is 20.9 Å². The first-order valence-corrected chi connectivity index (χ1v) is 6.67. The second-order valence-corrected chi connectivity index (χ2v) is 5.35. The minimum absolute atomic E-state index is 0.280. The molecule has 0 nitrogen and oxygen atoms in total. The van der Waals surface area contributed by atoms with Crippen molar-refractivity contribution in [2.24, 2.45) is 0 Å². The van der Waals surface area contributed by atoms with E-state index in [2.05, 4.69) is 24.0 Å². The monoisotopic (exact) mass is 242 g/mol. The second-order valence-electron chi connectivity index (χ2n) is 1.97. The van der Waals surface area contributed by atoms with Gasteiger partial charge in [-0.3, -0.25) is 0 Å². The van der Waals surface area contributed by atoms with Gasteiger partial charge in [-0.05, 0) is 0 Å². The molecule has 0 aliphatic heterocycles. The molecule has 0 atom stereocenters. The zero-order valence-electron chi connectivity index (χ0n) is 6.39. The van der Waals surface area contributed by atoms with Crippen LogP contribution in [0.3, 0.4) is 0 Å². The summed E-state index contributed by atoms with van der Waals surface area (Å²) in [6.45, 7) is 4.51. The van der Waals surface area contributed by atoms with Gasteiger partial charge in [0.2, 0.25) is 0 Å². The van der Waals surface area contributed by atoms with Crippen molar-refractivity contribution in [1.82, 2.24) is 0 Å². The Morgan fingerprint density at radius 1 is 1.33 bits per heavy atom. The molecule has 0 saturated carbocycles. The molecule has 0 amide bonds. The van der Waals surface area contributed by atoms with Crippen molar-refractivity contribution < 1.29 is 0 Å². The molecule has 0 aromatic rings. The van der Waals surface area contributed by atoms with Crippen molar-refractivity contribution in [2.45, 2.75) is 37.6 Å². The van der Waals surface area contributed by atoms with Crippen molar-refractivity contribution >= 4 is 20.9 Å². The van der Waals surface area contributed by atoms with Gasteiger partial charge in [-0.15, -0.1) is 0 Å². The second kappa shape index (κ2) is 8.53. The molecule has 1 heteroatoms. The van der Waals surface area contributed by atoms with E-state index in [1.165, 1.54) is 23.7 Å². The van der Waals surface area contributed by atoms with E-state index < -0.39 is 0 Å². The summed E-state index contributed by atoms with van der Waals surface area (Å²) in [4.78, 5) is 0. The fourth-order valence-corrected chi connectivity index (χ4v) is 1.88. The van der Waals surface area contributed by atoms with Crippen molar-refractivity contribution in [1.29, 1.82) is 0 Å². The van der Waals surface area contributed by atoms with E-state index in [1.54, 1.807) is 0 Å². The van der Waals surface area contributed by atoms with Crippen LogP contribution in [0, 0.1) is 0 Å². The van der Waals surface area contributed by atoms with Gasteiger partial charge in [0, 0.05) is 0 Å². The Morgan fingerprint density at radius 3 is 2.67 bits per heavy atom. The third kappa shape index (κ3) is 8.53. The molecule has 0 saturated heterocycles. The van der Waals surface area contributed by atoms with Gasteiger partial charge in [-0.1, -0.05) is 0 Å². The Kier molecular flexibility index (Phi) is 9.03. The Bertz CT molecular complexity index is 67.0. The third-order valence-electron chi connectivity index (χ3n) is 1.08. The topological polar surface area (TPSA) is 0 Å². The van der Waals surface area contributed by atoms with Crippen LogP contribution in [0.5, 0.6) is 0 Å². The van der Waals surface area contributed by atoms with E-state index in [4.69, 9.17) is 0 Å². The quantitative estimate of drug-likeness (QED) is 0.511. The Balaban J connectivity index is 2.86. The number of rotatable bonds is 5. The maximum atomic E-state index is 2.42. The minimum atomic E-state index is 0.280. The van der Waals surface area contributed by atoms with Gasteiger partial charge in [0.05, 0.1) is 0 Å². The van der Waals surface area contributed by atoms with E-state index >= 15 is 0 Å². The van der Waals surface area contributed by atoms with Crippen LogP contribution >= 0.6 is 0 Å². The number of unbranched alkanes of at least 4 members (excludes halogenated alkanes) is 2. The normalized spacial score (nSPS) is 10.9. The zero-order chi connectivity index (χ0) is 6.95. The molecule has 9 heavy (non-hydrogen) atoms. The summed E-state index contributed by atoms with van der Waals surface area (Å²) in [6, 6.07) is 0. The molecule has 0 radical (unpaired) electrons. The Morgan fingerprint density at radius 2 is 2.11 bits per heavy atom. The molecule has 0 unspecified atom stereocenters. The molecule has 0 aliphatic carbocycles. The van der Waals surface area contributed by atoms with Crippen LogP contribution in [0.25, 0.3) is 0 Å². The van der Waals surface area contributed by atoms with E-state index in [-0.39, 0.29) is 20.9 Å². The van der Waals surface area contributed by atoms with Gasteiger partial charge < -0.3 is 0 Å². The first kappa shape index (κ1) is 9.53. The summed E-state index contributed by atoms with van der Waals surface area (Å²) in [6.07, 6.45) is 6.36. The molecule has 0 bridgehead atoms. The van der Waals surface area contributed by atoms with Crippen molar-refractivity contribution in [3.8, 4) is 0 Å². The molecular formula is C8H16Te. The fraction of sp³-hybridized carbons (Fsp3) is 0.750. The van der Waals surface area contributed by atoms with Crippen molar-refractivity contribution in [3.63, 3.8) is 0 Å². The molecule has 0 spiro atoms. The SMILES string of the molecule is CCCC/C=C\[Te]CC. The standard InChI is InChI=1S/C8H16Te/c1-3-5-6-7-8-9-4-2/h7-8H,3-6H2,1-2H3/b8-7-. The predicted octanol–water partition coefficient (Wildman–Crippen LogP) is 2.83. The van der Waals surface area contributed by atoms with Gasteiger partial charge in [-0.25, -0.2) is 0 Å². The van der Waals surface area contributed by atoms with E-state index in [9.17, 15) is 0 Å². The molecule has 54 valence electrons. The average molecular weight is 240 g/mol. The number of allylic oxidation sites excluding steroid dienone is 1. The van der Waals surface area contributed by atoms with Crippen LogP contribution in [0.2, 0.25) is 4.47 Å². The van der Waals surface area contributed by atoms with Crippen molar-refractivity contribution in [2.75, 3.05) is 0 Å². The van der Waals surface area contributed by atoms with Gasteiger partial charge in [0.15, 0.2) is 0 Å². The van der Waals surface area contributed by atoms with Gasteiger partial charge >= 0.3 is 68.7 Å².